The second-order valence-corrected chi connectivity index (χ2v) is 6.89. The molecule has 0 aliphatic heterocycles. The molecular weight excluding hydrogens is 353 g/mol. The molecule has 1 aromatic carbocycles. The van der Waals surface area contributed by atoms with Crippen molar-refractivity contribution < 1.29 is 0 Å². The molecule has 6 heteroatoms. The van der Waals surface area contributed by atoms with Gasteiger partial charge in [0.1, 0.15) is 4.49 Å². The molecule has 0 amide bonds. The average Bonchev–Trinajstić information content (AvgIpc) is 2.31. The normalized spacial score (nSPS) is 12.2. The van der Waals surface area contributed by atoms with Gasteiger partial charge >= 0.3 is 0 Å². The summed E-state index contributed by atoms with van der Waals surface area (Å²) in [6, 6.07) is 6.06. The highest BCUT2D eigenvalue weighted by atomic mass is 35.5. The molecule has 0 bridgehead atoms. The number of aryl methyl sites for hydroxylation is 2. The third-order valence-electron chi connectivity index (χ3n) is 2.07. The maximum absolute atomic E-state index is 6.10. The van der Waals surface area contributed by atoms with E-state index in [1.54, 1.807) is 0 Å². The lowest BCUT2D eigenvalue weighted by molar-refractivity contribution is 1.26. The third kappa shape index (κ3) is 4.56. The molecule has 18 heavy (non-hydrogen) atoms. The summed E-state index contributed by atoms with van der Waals surface area (Å²) in [5.41, 5.74) is 2.24. The highest BCUT2D eigenvalue weighted by Gasteiger charge is 2.12. The number of halogens is 5. The molecule has 1 aromatic rings. The smallest absolute Gasteiger partial charge is 0.0804 e. The second-order valence-electron chi connectivity index (χ2n) is 3.53. The van der Waals surface area contributed by atoms with Crippen molar-refractivity contribution in [2.24, 2.45) is 0 Å². The standard InChI is InChI=1S/C12H9Cl5S/c1-6-3-4-7(2)8(5-6)18-12(17)10(14)9(13)11(15)16/h3-5H,1-2H3. The molecule has 0 radical (unpaired) electrons. The van der Waals surface area contributed by atoms with Crippen molar-refractivity contribution in [3.63, 3.8) is 0 Å². The number of hydrogen-bond donors (Lipinski definition) is 0. The van der Waals surface area contributed by atoms with Crippen LogP contribution >= 0.6 is 69.8 Å². The molecule has 0 nitrogen and oxygen atoms in total. The first-order valence-electron chi connectivity index (χ1n) is 4.84. The first-order chi connectivity index (χ1) is 8.32. The van der Waals surface area contributed by atoms with Crippen molar-refractivity contribution in [1.82, 2.24) is 0 Å². The molecule has 0 unspecified atom stereocenters. The fraction of sp³-hybridized carbons (Fsp3) is 0.167. The molecule has 0 N–H and O–H groups in total. The largest absolute Gasteiger partial charge is 0.127 e. The van der Waals surface area contributed by atoms with Gasteiger partial charge in [-0.25, -0.2) is 0 Å². The molecular formula is C12H9Cl5S. The predicted octanol–water partition coefficient (Wildman–Crippen LogP) is 6.93. The number of rotatable bonds is 3. The van der Waals surface area contributed by atoms with Crippen LogP contribution in [-0.2, 0) is 0 Å². The zero-order valence-electron chi connectivity index (χ0n) is 9.53. The van der Waals surface area contributed by atoms with Gasteiger partial charge in [0, 0.05) is 4.90 Å². The minimum absolute atomic E-state index is 0.0443. The SMILES string of the molecule is Cc1ccc(C)c(SC(Cl)=C(Cl)C(Cl)=C(Cl)Cl)c1. The van der Waals surface area contributed by atoms with Crippen molar-refractivity contribution in [2.45, 2.75) is 18.7 Å². The Bertz CT molecular complexity index is 515. The number of hydrogen-bond acceptors (Lipinski definition) is 1. The van der Waals surface area contributed by atoms with Crippen LogP contribution in [0, 0.1) is 13.8 Å². The van der Waals surface area contributed by atoms with Crippen LogP contribution in [0.3, 0.4) is 0 Å². The summed E-state index contributed by atoms with van der Waals surface area (Å²) in [6.45, 7) is 4.00. The van der Waals surface area contributed by atoms with E-state index in [0.29, 0.717) is 4.36 Å². The molecule has 0 saturated heterocycles. The predicted molar refractivity (Wildman–Crippen MR) is 85.1 cm³/mol. The summed E-state index contributed by atoms with van der Waals surface area (Å²) in [5, 5.41) is 0.187. The van der Waals surface area contributed by atoms with Gasteiger partial charge < -0.3 is 0 Å². The summed E-state index contributed by atoms with van der Waals surface area (Å²) in [6.07, 6.45) is 0. The van der Waals surface area contributed by atoms with Crippen LogP contribution in [0.5, 0.6) is 0 Å². The maximum Gasteiger partial charge on any atom is 0.127 e. The van der Waals surface area contributed by atoms with Gasteiger partial charge in [-0.3, -0.25) is 0 Å². The molecule has 98 valence electrons. The van der Waals surface area contributed by atoms with E-state index in [2.05, 4.69) is 0 Å². The molecule has 0 heterocycles. The van der Waals surface area contributed by atoms with Gasteiger partial charge in [0.25, 0.3) is 0 Å². The van der Waals surface area contributed by atoms with Gasteiger partial charge in [-0.05, 0) is 31.0 Å². The topological polar surface area (TPSA) is 0 Å². The summed E-state index contributed by atoms with van der Waals surface area (Å²) < 4.78 is 0.218. The second kappa shape index (κ2) is 7.33. The summed E-state index contributed by atoms with van der Waals surface area (Å²) in [4.78, 5) is 1.01. The van der Waals surface area contributed by atoms with Gasteiger partial charge in [0.05, 0.1) is 14.4 Å². The lowest BCUT2D eigenvalue weighted by Gasteiger charge is -2.07. The number of benzene rings is 1. The zero-order valence-corrected chi connectivity index (χ0v) is 14.1. The Balaban J connectivity index is 3.07. The molecule has 0 spiro atoms. The van der Waals surface area contributed by atoms with E-state index in [1.165, 1.54) is 11.8 Å². The highest BCUT2D eigenvalue weighted by molar-refractivity contribution is 8.04. The summed E-state index contributed by atoms with van der Waals surface area (Å²) in [5.74, 6) is 0. The van der Waals surface area contributed by atoms with Crippen molar-refractivity contribution in [3.05, 3.63) is 48.2 Å². The molecule has 0 fully saturated rings. The van der Waals surface area contributed by atoms with E-state index in [-0.39, 0.29) is 14.6 Å². The van der Waals surface area contributed by atoms with E-state index in [0.717, 1.165) is 16.0 Å². The van der Waals surface area contributed by atoms with Gasteiger partial charge in [0.2, 0.25) is 0 Å². The number of thioether (sulfide) groups is 1. The quantitative estimate of drug-likeness (QED) is 0.415. The molecule has 0 saturated carbocycles. The zero-order chi connectivity index (χ0) is 13.9. The Hall–Kier alpha value is 0.500. The molecule has 0 atom stereocenters. The monoisotopic (exact) mass is 360 g/mol. The third-order valence-corrected chi connectivity index (χ3v) is 5.17. The van der Waals surface area contributed by atoms with Gasteiger partial charge in [-0.1, -0.05) is 81.9 Å². The molecule has 0 aliphatic rings. The summed E-state index contributed by atoms with van der Waals surface area (Å²) >= 11 is 30.3. The minimum atomic E-state index is -0.110. The van der Waals surface area contributed by atoms with Gasteiger partial charge in [-0.15, -0.1) is 0 Å². The lowest BCUT2D eigenvalue weighted by Crippen LogP contribution is -1.83. The van der Waals surface area contributed by atoms with E-state index in [9.17, 15) is 0 Å². The summed E-state index contributed by atoms with van der Waals surface area (Å²) in [7, 11) is 0. The maximum atomic E-state index is 6.10. The van der Waals surface area contributed by atoms with E-state index < -0.39 is 0 Å². The van der Waals surface area contributed by atoms with Gasteiger partial charge in [0.15, 0.2) is 0 Å². The lowest BCUT2D eigenvalue weighted by atomic mass is 10.2. The average molecular weight is 363 g/mol. The van der Waals surface area contributed by atoms with Crippen LogP contribution in [0.4, 0.5) is 0 Å². The fourth-order valence-corrected chi connectivity index (χ4v) is 3.03. The van der Waals surface area contributed by atoms with Gasteiger partial charge in [-0.2, -0.15) is 0 Å². The minimum Gasteiger partial charge on any atom is -0.0804 e. The van der Waals surface area contributed by atoms with Crippen molar-refractivity contribution in [1.29, 1.82) is 0 Å². The first-order valence-corrected chi connectivity index (χ1v) is 7.55. The Morgan fingerprint density at radius 3 is 2.11 bits per heavy atom. The van der Waals surface area contributed by atoms with Crippen molar-refractivity contribution in [3.8, 4) is 0 Å². The van der Waals surface area contributed by atoms with E-state index in [4.69, 9.17) is 58.0 Å². The Labute approximate surface area is 136 Å². The van der Waals surface area contributed by atoms with Crippen molar-refractivity contribution >= 4 is 69.8 Å². The van der Waals surface area contributed by atoms with Crippen LogP contribution in [0.25, 0.3) is 0 Å². The van der Waals surface area contributed by atoms with Crippen LogP contribution in [0.1, 0.15) is 11.1 Å². The molecule has 0 aromatic heterocycles. The fourth-order valence-electron chi connectivity index (χ4n) is 1.13. The Morgan fingerprint density at radius 1 is 0.944 bits per heavy atom. The van der Waals surface area contributed by atoms with E-state index >= 15 is 0 Å². The highest BCUT2D eigenvalue weighted by Crippen LogP contribution is 2.40. The Kier molecular flexibility index (Phi) is 6.74. The van der Waals surface area contributed by atoms with Crippen LogP contribution in [-0.4, -0.2) is 0 Å². The van der Waals surface area contributed by atoms with E-state index in [1.807, 2.05) is 32.0 Å². The first kappa shape index (κ1) is 16.6. The van der Waals surface area contributed by atoms with Crippen LogP contribution in [0.2, 0.25) is 0 Å². The van der Waals surface area contributed by atoms with Crippen LogP contribution < -0.4 is 0 Å². The Morgan fingerprint density at radius 2 is 1.56 bits per heavy atom. The molecule has 1 rings (SSSR count). The molecule has 0 aliphatic carbocycles. The van der Waals surface area contributed by atoms with Crippen LogP contribution in [0.15, 0.2) is 42.0 Å². The number of allylic oxidation sites excluding steroid dienone is 2. The van der Waals surface area contributed by atoms with Crippen molar-refractivity contribution in [2.75, 3.05) is 0 Å².